The third kappa shape index (κ3) is 3.05. The number of thioether (sulfide) groups is 1. The third-order valence-electron chi connectivity index (χ3n) is 5.20. The number of hydrogen-bond donors (Lipinski definition) is 1. The van der Waals surface area contributed by atoms with Crippen LogP contribution in [0.3, 0.4) is 0 Å². The van der Waals surface area contributed by atoms with Crippen molar-refractivity contribution in [2.45, 2.75) is 63.5 Å². The second kappa shape index (κ2) is 6.15. The van der Waals surface area contributed by atoms with E-state index in [9.17, 15) is 0 Å². The van der Waals surface area contributed by atoms with E-state index in [1.54, 1.807) is 0 Å². The predicted octanol–water partition coefficient (Wildman–Crippen LogP) is 3.13. The van der Waals surface area contributed by atoms with Crippen LogP contribution in [0.5, 0.6) is 0 Å². The minimum Gasteiger partial charge on any atom is -0.308 e. The Balaban J connectivity index is 1.99. The van der Waals surface area contributed by atoms with E-state index in [1.165, 1.54) is 63.9 Å². The van der Waals surface area contributed by atoms with Gasteiger partial charge in [-0.3, -0.25) is 4.90 Å². The zero-order valence-corrected chi connectivity index (χ0v) is 13.2. The maximum atomic E-state index is 3.91. The molecular weight excluding hydrogens is 240 g/mol. The molecule has 1 unspecified atom stereocenters. The highest BCUT2D eigenvalue weighted by molar-refractivity contribution is 7.98. The summed E-state index contributed by atoms with van der Waals surface area (Å²) in [6.07, 6.45) is 10.5. The zero-order valence-electron chi connectivity index (χ0n) is 12.4. The van der Waals surface area contributed by atoms with Gasteiger partial charge in [-0.1, -0.05) is 19.8 Å². The largest absolute Gasteiger partial charge is 0.308 e. The summed E-state index contributed by atoms with van der Waals surface area (Å²) in [6, 6.07) is 0. The van der Waals surface area contributed by atoms with Crippen LogP contribution in [-0.2, 0) is 0 Å². The molecule has 0 aromatic carbocycles. The van der Waals surface area contributed by atoms with E-state index in [0.29, 0.717) is 11.1 Å². The lowest BCUT2D eigenvalue weighted by molar-refractivity contribution is 0.0147. The predicted molar refractivity (Wildman–Crippen MR) is 82.5 cm³/mol. The molecule has 0 aromatic heterocycles. The van der Waals surface area contributed by atoms with E-state index in [-0.39, 0.29) is 0 Å². The van der Waals surface area contributed by atoms with Gasteiger partial charge < -0.3 is 5.32 Å². The molecule has 1 aliphatic heterocycles. The molecule has 2 nitrogen and oxygen atoms in total. The second-order valence-electron chi connectivity index (χ2n) is 6.46. The summed E-state index contributed by atoms with van der Waals surface area (Å²) >= 11 is 1.98. The molecule has 1 heterocycles. The molecule has 1 spiro atoms. The lowest BCUT2D eigenvalue weighted by Crippen LogP contribution is -2.68. The van der Waals surface area contributed by atoms with Crippen LogP contribution in [0.1, 0.15) is 52.4 Å². The van der Waals surface area contributed by atoms with Crippen LogP contribution in [0, 0.1) is 0 Å². The van der Waals surface area contributed by atoms with Crippen LogP contribution in [-0.4, -0.2) is 47.6 Å². The van der Waals surface area contributed by atoms with Gasteiger partial charge in [0.25, 0.3) is 0 Å². The summed E-state index contributed by atoms with van der Waals surface area (Å²) < 4.78 is 0. The molecule has 1 atom stereocenters. The van der Waals surface area contributed by atoms with E-state index in [4.69, 9.17) is 0 Å². The van der Waals surface area contributed by atoms with Gasteiger partial charge in [0.1, 0.15) is 0 Å². The number of hydrogen-bond acceptors (Lipinski definition) is 3. The van der Waals surface area contributed by atoms with Gasteiger partial charge in [0.2, 0.25) is 0 Å². The van der Waals surface area contributed by atoms with Crippen LogP contribution in [0.4, 0.5) is 0 Å². The quantitative estimate of drug-likeness (QED) is 0.773. The minimum atomic E-state index is 0.381. The standard InChI is InChI=1S/C15H30N2S/c1-4-14(2)12-16-15(8-5-6-9-15)13-17(14)10-7-11-18-3/h16H,4-13H2,1-3H3. The summed E-state index contributed by atoms with van der Waals surface area (Å²) in [7, 11) is 0. The molecule has 3 heteroatoms. The smallest absolute Gasteiger partial charge is 0.0309 e. The lowest BCUT2D eigenvalue weighted by Gasteiger charge is -2.52. The van der Waals surface area contributed by atoms with Crippen molar-refractivity contribution in [1.82, 2.24) is 10.2 Å². The van der Waals surface area contributed by atoms with E-state index >= 15 is 0 Å². The Bertz CT molecular complexity index is 263. The summed E-state index contributed by atoms with van der Waals surface area (Å²) in [4.78, 5) is 2.80. The molecule has 106 valence electrons. The van der Waals surface area contributed by atoms with Crippen LogP contribution in [0.25, 0.3) is 0 Å². The van der Waals surface area contributed by atoms with Crippen molar-refractivity contribution in [3.05, 3.63) is 0 Å². The fraction of sp³-hybridized carbons (Fsp3) is 1.00. The molecule has 2 fully saturated rings. The Morgan fingerprint density at radius 3 is 2.61 bits per heavy atom. The summed E-state index contributed by atoms with van der Waals surface area (Å²) in [6.45, 7) is 8.54. The van der Waals surface area contributed by atoms with Crippen molar-refractivity contribution in [2.75, 3.05) is 31.6 Å². The van der Waals surface area contributed by atoms with Crippen LogP contribution in [0.15, 0.2) is 0 Å². The van der Waals surface area contributed by atoms with Gasteiger partial charge in [-0.15, -0.1) is 0 Å². The Kier molecular flexibility index (Phi) is 5.01. The van der Waals surface area contributed by atoms with Crippen molar-refractivity contribution in [3.8, 4) is 0 Å². The minimum absolute atomic E-state index is 0.381. The molecule has 2 rings (SSSR count). The molecule has 1 saturated heterocycles. The van der Waals surface area contributed by atoms with Gasteiger partial charge in [-0.2, -0.15) is 11.8 Å². The first kappa shape index (κ1) is 14.7. The molecule has 1 saturated carbocycles. The number of nitrogens with zero attached hydrogens (tertiary/aromatic N) is 1. The van der Waals surface area contributed by atoms with Crippen LogP contribution < -0.4 is 5.32 Å². The lowest BCUT2D eigenvalue weighted by atomic mass is 9.85. The molecule has 2 aliphatic rings. The molecular formula is C15H30N2S. The number of piperazine rings is 1. The summed E-state index contributed by atoms with van der Waals surface area (Å²) in [5.41, 5.74) is 0.848. The third-order valence-corrected chi connectivity index (χ3v) is 5.90. The van der Waals surface area contributed by atoms with E-state index in [1.807, 2.05) is 11.8 Å². The second-order valence-corrected chi connectivity index (χ2v) is 7.44. The Morgan fingerprint density at radius 1 is 1.28 bits per heavy atom. The maximum Gasteiger partial charge on any atom is 0.0309 e. The van der Waals surface area contributed by atoms with Crippen molar-refractivity contribution in [1.29, 1.82) is 0 Å². The maximum absolute atomic E-state index is 3.91. The molecule has 0 bridgehead atoms. The molecule has 1 aliphatic carbocycles. The van der Waals surface area contributed by atoms with Crippen LogP contribution >= 0.6 is 11.8 Å². The first-order valence-corrected chi connectivity index (χ1v) is 9.03. The fourth-order valence-electron chi connectivity index (χ4n) is 3.59. The highest BCUT2D eigenvalue weighted by Gasteiger charge is 2.44. The average molecular weight is 270 g/mol. The van der Waals surface area contributed by atoms with Gasteiger partial charge >= 0.3 is 0 Å². The van der Waals surface area contributed by atoms with E-state index in [2.05, 4.69) is 30.3 Å². The van der Waals surface area contributed by atoms with Crippen molar-refractivity contribution >= 4 is 11.8 Å². The summed E-state index contributed by atoms with van der Waals surface area (Å²) in [5.74, 6) is 1.30. The Hall–Kier alpha value is 0.270. The van der Waals surface area contributed by atoms with Gasteiger partial charge in [0.05, 0.1) is 0 Å². The van der Waals surface area contributed by atoms with Crippen LogP contribution in [0.2, 0.25) is 0 Å². The van der Waals surface area contributed by atoms with Crippen molar-refractivity contribution in [2.24, 2.45) is 0 Å². The monoisotopic (exact) mass is 270 g/mol. The van der Waals surface area contributed by atoms with Gasteiger partial charge in [-0.25, -0.2) is 0 Å². The van der Waals surface area contributed by atoms with Crippen molar-refractivity contribution < 1.29 is 0 Å². The Morgan fingerprint density at radius 2 is 2.00 bits per heavy atom. The van der Waals surface area contributed by atoms with Gasteiger partial charge in [0.15, 0.2) is 0 Å². The first-order chi connectivity index (χ1) is 8.64. The van der Waals surface area contributed by atoms with Gasteiger partial charge in [0, 0.05) is 24.2 Å². The molecule has 1 N–H and O–H groups in total. The summed E-state index contributed by atoms with van der Waals surface area (Å²) in [5, 5.41) is 3.91. The average Bonchev–Trinajstić information content (AvgIpc) is 2.83. The zero-order chi connectivity index (χ0) is 13.1. The van der Waals surface area contributed by atoms with E-state index < -0.39 is 0 Å². The first-order valence-electron chi connectivity index (χ1n) is 7.63. The number of nitrogens with one attached hydrogen (secondary N) is 1. The van der Waals surface area contributed by atoms with Crippen molar-refractivity contribution in [3.63, 3.8) is 0 Å². The molecule has 0 aromatic rings. The normalized spacial score (nSPS) is 32.2. The fourth-order valence-corrected chi connectivity index (χ4v) is 4.00. The topological polar surface area (TPSA) is 15.3 Å². The van der Waals surface area contributed by atoms with E-state index in [0.717, 1.165) is 0 Å². The molecule has 0 amide bonds. The molecule has 18 heavy (non-hydrogen) atoms. The Labute approximate surface area is 117 Å². The van der Waals surface area contributed by atoms with Gasteiger partial charge in [-0.05, 0) is 51.2 Å². The highest BCUT2D eigenvalue weighted by atomic mass is 32.2. The highest BCUT2D eigenvalue weighted by Crippen LogP contribution is 2.36. The SMILES string of the molecule is CCC1(C)CNC2(CCCC2)CN1CCCSC. The number of rotatable bonds is 5. The molecule has 0 radical (unpaired) electrons.